The number of carbonyl (C=O) groups excluding carboxylic acids is 2. The topological polar surface area (TPSA) is 105 Å². The van der Waals surface area contributed by atoms with E-state index in [0.29, 0.717) is 15.7 Å². The Kier molecular flexibility index (Phi) is 7.70. The van der Waals surface area contributed by atoms with E-state index in [1.165, 1.54) is 23.3 Å². The molecule has 3 aromatic carbocycles. The maximum absolute atomic E-state index is 12.5. The van der Waals surface area contributed by atoms with Crippen LogP contribution in [-0.4, -0.2) is 36.2 Å². The fraction of sp³-hybridized carbons (Fsp3) is 0.222. The number of rotatable bonds is 8. The normalized spacial score (nSPS) is 12.9. The first kappa shape index (κ1) is 24.7. The molecule has 3 N–H and O–H groups in total. The lowest BCUT2D eigenvalue weighted by molar-refractivity contribution is -0.119. The standard InChI is InChI=1S/C27H25IN2O5/c1-16(25(31)30-19-13-17(26(32)33)12-18(28)14-19)10-11-29-27(34)35-15-24-22-8-4-2-6-20(22)21-7-3-5-9-23(21)24/h2-9,12-14,16,24H,10-11,15H2,1H3,(H,29,34)(H,30,31)(H,32,33). The molecular weight excluding hydrogens is 559 g/mol. The summed E-state index contributed by atoms with van der Waals surface area (Å²) in [6.45, 7) is 2.26. The van der Waals surface area contributed by atoms with Gasteiger partial charge in [0, 0.05) is 27.6 Å². The van der Waals surface area contributed by atoms with E-state index in [4.69, 9.17) is 4.74 Å². The van der Waals surface area contributed by atoms with Gasteiger partial charge in [0.05, 0.1) is 5.56 Å². The van der Waals surface area contributed by atoms with E-state index < -0.39 is 18.0 Å². The molecule has 0 saturated heterocycles. The predicted molar refractivity (Wildman–Crippen MR) is 142 cm³/mol. The molecule has 2 amide bonds. The molecule has 3 aromatic rings. The smallest absolute Gasteiger partial charge is 0.407 e. The van der Waals surface area contributed by atoms with Gasteiger partial charge in [-0.15, -0.1) is 0 Å². The van der Waals surface area contributed by atoms with Gasteiger partial charge in [-0.1, -0.05) is 55.5 Å². The van der Waals surface area contributed by atoms with Crippen LogP contribution in [0.4, 0.5) is 10.5 Å². The van der Waals surface area contributed by atoms with Crippen molar-refractivity contribution in [2.24, 2.45) is 5.92 Å². The second-order valence-electron chi connectivity index (χ2n) is 8.47. The molecule has 35 heavy (non-hydrogen) atoms. The minimum Gasteiger partial charge on any atom is -0.478 e. The number of benzene rings is 3. The number of amides is 2. The van der Waals surface area contributed by atoms with Gasteiger partial charge >= 0.3 is 12.1 Å². The Labute approximate surface area is 217 Å². The van der Waals surface area contributed by atoms with Gasteiger partial charge in [0.25, 0.3) is 0 Å². The first-order valence-corrected chi connectivity index (χ1v) is 12.3. The van der Waals surface area contributed by atoms with Gasteiger partial charge in [0.2, 0.25) is 5.91 Å². The Morgan fingerprint density at radius 2 is 1.63 bits per heavy atom. The average Bonchev–Trinajstić information content (AvgIpc) is 3.16. The van der Waals surface area contributed by atoms with Gasteiger partial charge < -0.3 is 20.5 Å². The van der Waals surface area contributed by atoms with Crippen LogP contribution in [0.1, 0.15) is 40.7 Å². The largest absolute Gasteiger partial charge is 0.478 e. The van der Waals surface area contributed by atoms with Crippen LogP contribution in [0.25, 0.3) is 11.1 Å². The summed E-state index contributed by atoms with van der Waals surface area (Å²) in [5.74, 6) is -1.71. The number of anilines is 1. The molecule has 1 aliphatic carbocycles. The van der Waals surface area contributed by atoms with Gasteiger partial charge in [-0.2, -0.15) is 0 Å². The highest BCUT2D eigenvalue weighted by molar-refractivity contribution is 14.1. The van der Waals surface area contributed by atoms with Crippen LogP contribution < -0.4 is 10.6 Å². The van der Waals surface area contributed by atoms with Crippen molar-refractivity contribution in [2.75, 3.05) is 18.5 Å². The lowest BCUT2D eigenvalue weighted by Crippen LogP contribution is -2.30. The molecule has 1 unspecified atom stereocenters. The number of halogens is 1. The second-order valence-corrected chi connectivity index (χ2v) is 9.71. The SMILES string of the molecule is CC(CCNC(=O)OCC1c2ccccc2-c2ccccc21)C(=O)Nc1cc(I)cc(C(=O)O)c1. The minimum absolute atomic E-state index is 0.0118. The Bertz CT molecular complexity index is 1230. The van der Waals surface area contributed by atoms with Gasteiger partial charge in [0.1, 0.15) is 6.61 Å². The first-order chi connectivity index (χ1) is 16.8. The predicted octanol–water partition coefficient (Wildman–Crippen LogP) is 5.49. The number of nitrogens with one attached hydrogen (secondary N) is 2. The van der Waals surface area contributed by atoms with E-state index in [0.717, 1.165) is 11.1 Å². The van der Waals surface area contributed by atoms with E-state index in [2.05, 4.69) is 34.9 Å². The molecule has 0 aliphatic heterocycles. The average molecular weight is 584 g/mol. The first-order valence-electron chi connectivity index (χ1n) is 11.3. The number of carboxylic acid groups (broad SMARTS) is 1. The van der Waals surface area contributed by atoms with Gasteiger partial charge in [0.15, 0.2) is 0 Å². The van der Waals surface area contributed by atoms with Crippen molar-refractivity contribution in [1.82, 2.24) is 5.32 Å². The maximum Gasteiger partial charge on any atom is 0.407 e. The molecule has 0 spiro atoms. The van der Waals surface area contributed by atoms with Crippen LogP contribution in [0.3, 0.4) is 0 Å². The van der Waals surface area contributed by atoms with Gasteiger partial charge in [-0.05, 0) is 69.5 Å². The van der Waals surface area contributed by atoms with Crippen molar-refractivity contribution in [3.05, 3.63) is 87.0 Å². The van der Waals surface area contributed by atoms with E-state index in [9.17, 15) is 19.5 Å². The van der Waals surface area contributed by atoms with Crippen molar-refractivity contribution in [1.29, 1.82) is 0 Å². The summed E-state index contributed by atoms with van der Waals surface area (Å²) in [5.41, 5.74) is 5.16. The number of ether oxygens (including phenoxy) is 1. The molecule has 0 aromatic heterocycles. The van der Waals surface area contributed by atoms with Crippen molar-refractivity contribution in [3.8, 4) is 11.1 Å². The molecule has 180 valence electrons. The van der Waals surface area contributed by atoms with Crippen LogP contribution in [0.5, 0.6) is 0 Å². The lowest BCUT2D eigenvalue weighted by atomic mass is 9.98. The van der Waals surface area contributed by atoms with Crippen LogP contribution in [0.2, 0.25) is 0 Å². The number of carboxylic acids is 1. The monoisotopic (exact) mass is 584 g/mol. The number of fused-ring (bicyclic) bond motifs is 3. The molecule has 0 heterocycles. The number of carbonyl (C=O) groups is 3. The summed E-state index contributed by atoms with van der Waals surface area (Å²) >= 11 is 2.00. The number of aromatic carboxylic acids is 1. The molecule has 0 radical (unpaired) electrons. The zero-order valence-electron chi connectivity index (χ0n) is 19.1. The number of hydrogen-bond acceptors (Lipinski definition) is 4. The number of hydrogen-bond donors (Lipinski definition) is 3. The second kappa shape index (κ2) is 10.9. The number of alkyl carbamates (subject to hydrolysis) is 1. The van der Waals surface area contributed by atoms with E-state index in [1.807, 2.05) is 46.9 Å². The van der Waals surface area contributed by atoms with Gasteiger partial charge in [-0.25, -0.2) is 9.59 Å². The summed E-state index contributed by atoms with van der Waals surface area (Å²) in [7, 11) is 0. The summed E-state index contributed by atoms with van der Waals surface area (Å²) in [4.78, 5) is 36.0. The molecular formula is C27H25IN2O5. The third-order valence-electron chi connectivity index (χ3n) is 6.05. The minimum atomic E-state index is -1.06. The van der Waals surface area contributed by atoms with Crippen molar-refractivity contribution in [2.45, 2.75) is 19.3 Å². The van der Waals surface area contributed by atoms with E-state index >= 15 is 0 Å². The highest BCUT2D eigenvalue weighted by atomic mass is 127. The van der Waals surface area contributed by atoms with Crippen LogP contribution in [0, 0.1) is 9.49 Å². The Morgan fingerprint density at radius 3 is 2.26 bits per heavy atom. The Balaban J connectivity index is 1.26. The maximum atomic E-state index is 12.5. The van der Waals surface area contributed by atoms with Crippen LogP contribution >= 0.6 is 22.6 Å². The van der Waals surface area contributed by atoms with Gasteiger partial charge in [-0.3, -0.25) is 4.79 Å². The molecule has 7 nitrogen and oxygen atoms in total. The Hall–Kier alpha value is -3.40. The van der Waals surface area contributed by atoms with Crippen molar-refractivity contribution >= 4 is 46.2 Å². The quantitative estimate of drug-likeness (QED) is 0.304. The summed E-state index contributed by atoms with van der Waals surface area (Å²) in [5, 5.41) is 14.7. The summed E-state index contributed by atoms with van der Waals surface area (Å²) < 4.78 is 6.23. The lowest BCUT2D eigenvalue weighted by Gasteiger charge is -2.16. The molecule has 0 saturated carbocycles. The summed E-state index contributed by atoms with van der Waals surface area (Å²) in [6, 6.07) is 20.9. The highest BCUT2D eigenvalue weighted by Gasteiger charge is 2.29. The third kappa shape index (κ3) is 5.82. The van der Waals surface area contributed by atoms with Crippen LogP contribution in [-0.2, 0) is 9.53 Å². The molecule has 8 heteroatoms. The van der Waals surface area contributed by atoms with Crippen molar-refractivity contribution < 1.29 is 24.2 Å². The molecule has 1 atom stereocenters. The third-order valence-corrected chi connectivity index (χ3v) is 6.67. The summed E-state index contributed by atoms with van der Waals surface area (Å²) in [6.07, 6.45) is -0.116. The Morgan fingerprint density at radius 1 is 1.00 bits per heavy atom. The zero-order chi connectivity index (χ0) is 24.9. The van der Waals surface area contributed by atoms with Crippen molar-refractivity contribution in [3.63, 3.8) is 0 Å². The van der Waals surface area contributed by atoms with E-state index in [-0.39, 0.29) is 30.5 Å². The molecule has 0 fully saturated rings. The van der Waals surface area contributed by atoms with E-state index in [1.54, 1.807) is 13.0 Å². The fourth-order valence-electron chi connectivity index (χ4n) is 4.22. The fourth-order valence-corrected chi connectivity index (χ4v) is 4.89. The molecule has 1 aliphatic rings. The molecule has 4 rings (SSSR count). The van der Waals surface area contributed by atoms with Crippen LogP contribution in [0.15, 0.2) is 66.7 Å². The molecule has 0 bridgehead atoms. The zero-order valence-corrected chi connectivity index (χ0v) is 21.2. The highest BCUT2D eigenvalue weighted by Crippen LogP contribution is 2.44.